The van der Waals surface area contributed by atoms with E-state index < -0.39 is 36.8 Å². The number of hydrogen-bond acceptors (Lipinski definition) is 10. The first kappa shape index (κ1) is 26.3. The van der Waals surface area contributed by atoms with Crippen molar-refractivity contribution in [1.82, 2.24) is 10.3 Å². The molecule has 2 rings (SSSR count). The third kappa shape index (κ3) is 8.50. The van der Waals surface area contributed by atoms with Crippen LogP contribution in [0.15, 0.2) is 12.3 Å². The molecule has 11 heteroatoms. The van der Waals surface area contributed by atoms with Gasteiger partial charge in [0, 0.05) is 32.2 Å². The van der Waals surface area contributed by atoms with Gasteiger partial charge in [0.1, 0.15) is 6.10 Å². The number of methoxy groups -OCH3 is 1. The van der Waals surface area contributed by atoms with Gasteiger partial charge in [0.05, 0.1) is 26.4 Å². The number of hydrogen-bond donors (Lipinski definition) is 1. The van der Waals surface area contributed by atoms with Crippen LogP contribution in [-0.4, -0.2) is 74.8 Å². The highest BCUT2D eigenvalue weighted by Gasteiger charge is 2.30. The lowest BCUT2D eigenvalue weighted by molar-refractivity contribution is -0.152. The molecule has 0 bridgehead atoms. The van der Waals surface area contributed by atoms with Gasteiger partial charge in [-0.25, -0.2) is 9.78 Å². The molecule has 11 nitrogen and oxygen atoms in total. The maximum atomic E-state index is 12.9. The Morgan fingerprint density at radius 3 is 2.73 bits per heavy atom. The molecule has 1 aromatic rings. The Kier molecular flexibility index (Phi) is 10.3. The molecule has 1 aliphatic heterocycles. The summed E-state index contributed by atoms with van der Waals surface area (Å²) in [7, 11) is 1.39. The van der Waals surface area contributed by atoms with Crippen LogP contribution in [0.3, 0.4) is 0 Å². The molecule has 184 valence electrons. The van der Waals surface area contributed by atoms with Crippen LogP contribution in [0.1, 0.15) is 44.6 Å². The molecule has 0 unspecified atom stereocenters. The molecule has 1 aromatic heterocycles. The molecule has 1 saturated heterocycles. The van der Waals surface area contributed by atoms with Gasteiger partial charge in [0.2, 0.25) is 6.79 Å². The quantitative estimate of drug-likeness (QED) is 0.420. The zero-order chi connectivity index (χ0) is 24.4. The van der Waals surface area contributed by atoms with E-state index in [9.17, 15) is 14.4 Å². The molecular weight excluding hydrogens is 436 g/mol. The Labute approximate surface area is 193 Å². The number of carbonyl (C=O) groups excluding carboxylic acids is 3. The van der Waals surface area contributed by atoms with Crippen molar-refractivity contribution < 1.29 is 42.8 Å². The monoisotopic (exact) mass is 468 g/mol. The van der Waals surface area contributed by atoms with Gasteiger partial charge in [-0.05, 0) is 12.8 Å². The molecule has 0 aromatic carbocycles. The summed E-state index contributed by atoms with van der Waals surface area (Å²) in [6, 6.07) is 0.411. The van der Waals surface area contributed by atoms with E-state index >= 15 is 0 Å². The molecule has 2 heterocycles. The summed E-state index contributed by atoms with van der Waals surface area (Å²) in [4.78, 5) is 40.6. The van der Waals surface area contributed by atoms with E-state index in [-0.39, 0.29) is 36.5 Å². The zero-order valence-electron chi connectivity index (χ0n) is 19.6. The number of cyclic esters (lactones) is 1. The van der Waals surface area contributed by atoms with Crippen molar-refractivity contribution in [1.29, 1.82) is 0 Å². The van der Waals surface area contributed by atoms with Crippen molar-refractivity contribution in [2.45, 2.75) is 52.4 Å². The molecule has 1 aliphatic rings. The van der Waals surface area contributed by atoms with Crippen LogP contribution < -0.4 is 14.8 Å². The van der Waals surface area contributed by atoms with E-state index in [2.05, 4.69) is 10.3 Å². The molecule has 1 amide bonds. The predicted octanol–water partition coefficient (Wildman–Crippen LogP) is 1.48. The van der Waals surface area contributed by atoms with E-state index in [1.807, 2.05) is 13.8 Å². The highest BCUT2D eigenvalue weighted by Crippen LogP contribution is 2.29. The fraction of sp³-hybridized carbons (Fsp3) is 0.636. The van der Waals surface area contributed by atoms with Crippen molar-refractivity contribution in [3.05, 3.63) is 18.0 Å². The summed E-state index contributed by atoms with van der Waals surface area (Å²) in [5.41, 5.74) is -0.152. The largest absolute Gasteiger partial charge is 0.493 e. The minimum atomic E-state index is -1.07. The van der Waals surface area contributed by atoms with E-state index in [1.54, 1.807) is 6.92 Å². The van der Waals surface area contributed by atoms with Crippen molar-refractivity contribution in [3.63, 3.8) is 0 Å². The van der Waals surface area contributed by atoms with E-state index in [4.69, 9.17) is 28.4 Å². The lowest BCUT2D eigenvalue weighted by Crippen LogP contribution is -2.45. The van der Waals surface area contributed by atoms with Crippen LogP contribution in [0, 0.1) is 5.92 Å². The Hall–Kier alpha value is -2.92. The molecule has 0 spiro atoms. The molecular formula is C22H32N2O9. The van der Waals surface area contributed by atoms with Gasteiger partial charge in [-0.15, -0.1) is 0 Å². The number of carbonyl (C=O) groups is 3. The molecule has 33 heavy (non-hydrogen) atoms. The zero-order valence-corrected chi connectivity index (χ0v) is 19.6. The standard InChI is InChI=1S/C22H32N2O9/c1-13(2)9-30-16-8-14(3)33-22(27)17(11-29-10-16)24-21(26)19-20(32-12-31-15(4)25)18(28-5)6-7-23-19/h6-7,13-14,16-17H,8-12H2,1-5H3,(H,24,26)/t14-,16+,17-/m0/s1. The normalized spacial score (nSPS) is 21.3. The number of ether oxygens (including phenoxy) is 6. The maximum Gasteiger partial charge on any atom is 0.331 e. The van der Waals surface area contributed by atoms with Gasteiger partial charge in [-0.2, -0.15) is 0 Å². The van der Waals surface area contributed by atoms with E-state index in [0.29, 0.717) is 18.9 Å². The number of nitrogens with zero attached hydrogens (tertiary/aromatic N) is 1. The summed E-state index contributed by atoms with van der Waals surface area (Å²) in [5.74, 6) is -1.38. The molecule has 3 atom stereocenters. The van der Waals surface area contributed by atoms with Gasteiger partial charge in [0.25, 0.3) is 5.91 Å². The second kappa shape index (κ2) is 12.9. The third-order valence-electron chi connectivity index (χ3n) is 4.52. The van der Waals surface area contributed by atoms with Gasteiger partial charge < -0.3 is 33.7 Å². The van der Waals surface area contributed by atoms with Crippen LogP contribution >= 0.6 is 0 Å². The average molecular weight is 469 g/mol. The lowest BCUT2D eigenvalue weighted by Gasteiger charge is -2.21. The van der Waals surface area contributed by atoms with Crippen LogP contribution in [0.5, 0.6) is 11.5 Å². The Morgan fingerprint density at radius 1 is 1.30 bits per heavy atom. The molecule has 1 N–H and O–H groups in total. The molecule has 1 fully saturated rings. The Bertz CT molecular complexity index is 815. The van der Waals surface area contributed by atoms with E-state index in [0.717, 1.165) is 0 Å². The van der Waals surface area contributed by atoms with Crippen LogP contribution in [0.2, 0.25) is 0 Å². The number of nitrogens with one attached hydrogen (secondary N) is 1. The number of esters is 2. The van der Waals surface area contributed by atoms with Crippen molar-refractivity contribution >= 4 is 17.8 Å². The van der Waals surface area contributed by atoms with Crippen LogP contribution in [0.25, 0.3) is 0 Å². The third-order valence-corrected chi connectivity index (χ3v) is 4.52. The number of pyridine rings is 1. The second-order valence-corrected chi connectivity index (χ2v) is 7.98. The van der Waals surface area contributed by atoms with Gasteiger partial charge in [-0.3, -0.25) is 9.59 Å². The first-order valence-electron chi connectivity index (χ1n) is 10.7. The maximum absolute atomic E-state index is 12.9. The summed E-state index contributed by atoms with van der Waals surface area (Å²) < 4.78 is 32.3. The average Bonchev–Trinajstić information content (AvgIpc) is 2.81. The fourth-order valence-corrected chi connectivity index (χ4v) is 2.99. The van der Waals surface area contributed by atoms with Gasteiger partial charge in [0.15, 0.2) is 23.2 Å². The Morgan fingerprint density at radius 2 is 2.06 bits per heavy atom. The molecule has 0 aliphatic carbocycles. The summed E-state index contributed by atoms with van der Waals surface area (Å²) >= 11 is 0. The minimum absolute atomic E-state index is 0.0355. The topological polar surface area (TPSA) is 132 Å². The Balaban J connectivity index is 2.11. The van der Waals surface area contributed by atoms with Crippen molar-refractivity contribution in [2.24, 2.45) is 5.92 Å². The fourth-order valence-electron chi connectivity index (χ4n) is 2.99. The first-order valence-corrected chi connectivity index (χ1v) is 10.7. The molecule has 0 radical (unpaired) electrons. The highest BCUT2D eigenvalue weighted by molar-refractivity contribution is 5.98. The SMILES string of the molecule is COc1ccnc(C(=O)N[C@H]2COC[C@H](OCC(C)C)C[C@H](C)OC2=O)c1OCOC(C)=O. The molecule has 0 saturated carbocycles. The van der Waals surface area contributed by atoms with E-state index in [1.165, 1.54) is 26.3 Å². The first-order chi connectivity index (χ1) is 15.7. The second-order valence-electron chi connectivity index (χ2n) is 7.98. The smallest absolute Gasteiger partial charge is 0.331 e. The van der Waals surface area contributed by atoms with Crippen LogP contribution in [-0.2, 0) is 28.5 Å². The lowest BCUT2D eigenvalue weighted by atomic mass is 10.2. The minimum Gasteiger partial charge on any atom is -0.493 e. The van der Waals surface area contributed by atoms with Crippen molar-refractivity contribution in [2.75, 3.05) is 33.7 Å². The van der Waals surface area contributed by atoms with Crippen molar-refractivity contribution in [3.8, 4) is 11.5 Å². The summed E-state index contributed by atoms with van der Waals surface area (Å²) in [5, 5.41) is 2.57. The number of aromatic nitrogens is 1. The summed E-state index contributed by atoms with van der Waals surface area (Å²) in [6.45, 7) is 7.34. The predicted molar refractivity (Wildman–Crippen MR) is 115 cm³/mol. The summed E-state index contributed by atoms with van der Waals surface area (Å²) in [6.07, 6.45) is 1.17. The highest BCUT2D eigenvalue weighted by atomic mass is 16.7. The van der Waals surface area contributed by atoms with Gasteiger partial charge >= 0.3 is 11.9 Å². The van der Waals surface area contributed by atoms with Gasteiger partial charge in [-0.1, -0.05) is 13.8 Å². The van der Waals surface area contributed by atoms with Crippen LogP contribution in [0.4, 0.5) is 0 Å². The number of rotatable bonds is 9. The number of amides is 1.